The molecular formula is C26H17N3OS. The van der Waals surface area contributed by atoms with Crippen LogP contribution in [0.3, 0.4) is 0 Å². The number of fused-ring (bicyclic) bond motifs is 8. The molecule has 2 N–H and O–H groups in total. The fourth-order valence-electron chi connectivity index (χ4n) is 3.82. The molecule has 2 aliphatic rings. The molecule has 6 rings (SSSR count). The Morgan fingerprint density at radius 3 is 2.13 bits per heavy atom. The van der Waals surface area contributed by atoms with Gasteiger partial charge in [0, 0.05) is 26.0 Å². The highest BCUT2D eigenvalue weighted by molar-refractivity contribution is 7.23. The first kappa shape index (κ1) is 17.9. The van der Waals surface area contributed by atoms with Crippen LogP contribution in [-0.2, 0) is 0 Å². The van der Waals surface area contributed by atoms with Crippen LogP contribution in [0.25, 0.3) is 55.9 Å². The predicted molar refractivity (Wildman–Crippen MR) is 129 cm³/mol. The van der Waals surface area contributed by atoms with Crippen LogP contribution < -0.4 is 0 Å². The third kappa shape index (κ3) is 3.45. The van der Waals surface area contributed by atoms with Crippen LogP contribution in [0.15, 0.2) is 66.7 Å². The molecule has 0 saturated carbocycles. The third-order valence-electron chi connectivity index (χ3n) is 5.26. The number of phenolic OH excluding ortho intramolecular Hbond substituents is 1. The first-order valence-electron chi connectivity index (χ1n) is 9.97. The predicted octanol–water partition coefficient (Wildman–Crippen LogP) is 6.76. The fourth-order valence-corrected chi connectivity index (χ4v) is 4.85. The molecule has 148 valence electrons. The number of hydrogen-bond acceptors (Lipinski definition) is 4. The van der Waals surface area contributed by atoms with E-state index in [0.717, 1.165) is 54.3 Å². The molecule has 0 unspecified atom stereocenters. The van der Waals surface area contributed by atoms with Gasteiger partial charge in [-0.1, -0.05) is 12.1 Å². The normalized spacial score (nSPS) is 12.4. The van der Waals surface area contributed by atoms with Gasteiger partial charge in [0.2, 0.25) is 0 Å². The SMILES string of the molecule is Oc1ccc(-c2c3nc(cc4ccc(cc5nc(cc6ccc2s6)C=C5)[nH]4)C=C3)cc1. The van der Waals surface area contributed by atoms with E-state index in [1.165, 1.54) is 0 Å². The number of thiophene rings is 1. The van der Waals surface area contributed by atoms with Crippen molar-refractivity contribution in [2.75, 3.05) is 0 Å². The van der Waals surface area contributed by atoms with Gasteiger partial charge >= 0.3 is 0 Å². The Balaban J connectivity index is 1.71. The van der Waals surface area contributed by atoms with Crippen molar-refractivity contribution < 1.29 is 5.11 Å². The summed E-state index contributed by atoms with van der Waals surface area (Å²) in [5.74, 6) is 0.250. The smallest absolute Gasteiger partial charge is 0.115 e. The lowest BCUT2D eigenvalue weighted by Crippen LogP contribution is -1.83. The highest BCUT2D eigenvalue weighted by Crippen LogP contribution is 2.34. The average Bonchev–Trinajstić information content (AvgIpc) is 3.55. The van der Waals surface area contributed by atoms with Gasteiger partial charge in [-0.15, -0.1) is 11.3 Å². The van der Waals surface area contributed by atoms with Crippen LogP contribution in [0.5, 0.6) is 5.75 Å². The van der Waals surface area contributed by atoms with Gasteiger partial charge < -0.3 is 10.1 Å². The van der Waals surface area contributed by atoms with E-state index in [9.17, 15) is 5.11 Å². The summed E-state index contributed by atoms with van der Waals surface area (Å²) in [7, 11) is 0. The number of aromatic hydroxyl groups is 1. The molecule has 0 amide bonds. The van der Waals surface area contributed by atoms with Crippen molar-refractivity contribution in [3.8, 4) is 16.9 Å². The minimum absolute atomic E-state index is 0.250. The van der Waals surface area contributed by atoms with Crippen molar-refractivity contribution in [2.24, 2.45) is 0 Å². The quantitative estimate of drug-likeness (QED) is 0.309. The number of nitrogens with zero attached hydrogens (tertiary/aromatic N) is 2. The topological polar surface area (TPSA) is 61.8 Å². The van der Waals surface area contributed by atoms with Crippen LogP contribution in [0.4, 0.5) is 0 Å². The summed E-state index contributed by atoms with van der Waals surface area (Å²) in [4.78, 5) is 13.0. The molecule has 0 aliphatic carbocycles. The van der Waals surface area contributed by atoms with E-state index in [2.05, 4.69) is 29.3 Å². The largest absolute Gasteiger partial charge is 0.508 e. The number of aromatic amines is 1. The van der Waals surface area contributed by atoms with E-state index in [1.54, 1.807) is 23.5 Å². The Labute approximate surface area is 182 Å². The molecule has 0 fully saturated rings. The van der Waals surface area contributed by atoms with Crippen molar-refractivity contribution in [3.05, 3.63) is 89.5 Å². The highest BCUT2D eigenvalue weighted by Gasteiger charge is 2.11. The van der Waals surface area contributed by atoms with Crippen molar-refractivity contribution in [1.29, 1.82) is 0 Å². The second-order valence-electron chi connectivity index (χ2n) is 7.48. The molecule has 0 saturated heterocycles. The summed E-state index contributed by atoms with van der Waals surface area (Å²) in [6.07, 6.45) is 8.15. The zero-order valence-corrected chi connectivity index (χ0v) is 17.2. The molecule has 1 aromatic carbocycles. The first-order chi connectivity index (χ1) is 15.2. The Morgan fingerprint density at radius 1 is 0.677 bits per heavy atom. The molecule has 31 heavy (non-hydrogen) atoms. The molecule has 5 heterocycles. The lowest BCUT2D eigenvalue weighted by atomic mass is 10.0. The highest BCUT2D eigenvalue weighted by atomic mass is 32.1. The average molecular weight is 420 g/mol. The molecule has 4 nitrogen and oxygen atoms in total. The minimum Gasteiger partial charge on any atom is -0.508 e. The van der Waals surface area contributed by atoms with Gasteiger partial charge in [-0.2, -0.15) is 0 Å². The molecule has 0 radical (unpaired) electrons. The maximum Gasteiger partial charge on any atom is 0.115 e. The van der Waals surface area contributed by atoms with Crippen molar-refractivity contribution in [2.45, 2.75) is 0 Å². The van der Waals surface area contributed by atoms with Gasteiger partial charge in [0.05, 0.1) is 22.8 Å². The minimum atomic E-state index is 0.250. The van der Waals surface area contributed by atoms with Crippen molar-refractivity contribution >= 4 is 56.1 Å². The number of aromatic nitrogens is 3. The van der Waals surface area contributed by atoms with E-state index in [1.807, 2.05) is 54.6 Å². The van der Waals surface area contributed by atoms with Gasteiger partial charge in [0.1, 0.15) is 5.75 Å². The Hall–Kier alpha value is -3.96. The van der Waals surface area contributed by atoms with Crippen LogP contribution in [0, 0.1) is 0 Å². The summed E-state index contributed by atoms with van der Waals surface area (Å²) in [5, 5.41) is 9.76. The maximum atomic E-state index is 9.76. The number of phenols is 1. The molecular weight excluding hydrogens is 402 g/mol. The molecule has 3 aromatic heterocycles. The summed E-state index contributed by atoms with van der Waals surface area (Å²) in [6, 6.07) is 21.8. The lowest BCUT2D eigenvalue weighted by Gasteiger charge is -2.03. The summed E-state index contributed by atoms with van der Waals surface area (Å²) >= 11 is 1.71. The standard InChI is InChI=1S/C26H17N3OS/c30-22-8-1-16(2-9-22)26-24-11-7-20(29-24)14-19-4-3-17(27-19)13-18-5-6-21(28-18)15-23-10-12-25(26)31-23/h1-15,27,30H. The van der Waals surface area contributed by atoms with E-state index in [0.29, 0.717) is 0 Å². The zero-order chi connectivity index (χ0) is 20.8. The molecule has 5 heteroatoms. The van der Waals surface area contributed by atoms with Crippen LogP contribution in [0.1, 0.15) is 22.8 Å². The Morgan fingerprint density at radius 2 is 1.35 bits per heavy atom. The number of rotatable bonds is 1. The monoisotopic (exact) mass is 419 g/mol. The lowest BCUT2D eigenvalue weighted by molar-refractivity contribution is 0.475. The van der Waals surface area contributed by atoms with Crippen molar-refractivity contribution in [1.82, 2.24) is 15.0 Å². The number of nitrogens with one attached hydrogen (secondary N) is 1. The van der Waals surface area contributed by atoms with Gasteiger partial charge in [0.15, 0.2) is 0 Å². The van der Waals surface area contributed by atoms with E-state index in [-0.39, 0.29) is 5.75 Å². The zero-order valence-electron chi connectivity index (χ0n) is 16.4. The number of H-pyrrole nitrogens is 1. The van der Waals surface area contributed by atoms with Gasteiger partial charge in [-0.3, -0.25) is 0 Å². The molecule has 0 atom stereocenters. The van der Waals surface area contributed by atoms with Gasteiger partial charge in [-0.25, -0.2) is 9.97 Å². The summed E-state index contributed by atoms with van der Waals surface area (Å²) < 4.78 is 2.25. The van der Waals surface area contributed by atoms with E-state index in [4.69, 9.17) is 9.97 Å². The van der Waals surface area contributed by atoms with E-state index < -0.39 is 0 Å². The maximum absolute atomic E-state index is 9.76. The van der Waals surface area contributed by atoms with E-state index >= 15 is 0 Å². The van der Waals surface area contributed by atoms with Crippen LogP contribution >= 0.6 is 11.3 Å². The Kier molecular flexibility index (Phi) is 4.08. The third-order valence-corrected chi connectivity index (χ3v) is 6.31. The second-order valence-corrected chi connectivity index (χ2v) is 8.59. The van der Waals surface area contributed by atoms with Crippen LogP contribution in [0.2, 0.25) is 0 Å². The Bertz CT molecular complexity index is 1540. The van der Waals surface area contributed by atoms with Crippen molar-refractivity contribution in [3.63, 3.8) is 0 Å². The molecule has 4 aromatic rings. The molecule has 8 bridgehead atoms. The van der Waals surface area contributed by atoms with Crippen LogP contribution in [-0.4, -0.2) is 20.1 Å². The second kappa shape index (κ2) is 7.07. The molecule has 0 spiro atoms. The fraction of sp³-hybridized carbons (Fsp3) is 0. The van der Waals surface area contributed by atoms with Gasteiger partial charge in [0.25, 0.3) is 0 Å². The first-order valence-corrected chi connectivity index (χ1v) is 10.8. The number of benzene rings is 1. The molecule has 2 aliphatic heterocycles. The van der Waals surface area contributed by atoms with Gasteiger partial charge in [-0.05, 0) is 84.5 Å². The number of hydrogen-bond donors (Lipinski definition) is 2. The summed E-state index contributed by atoms with van der Waals surface area (Å²) in [6.45, 7) is 0. The summed E-state index contributed by atoms with van der Waals surface area (Å²) in [5.41, 5.74) is 7.72.